The van der Waals surface area contributed by atoms with Crippen molar-refractivity contribution in [2.75, 3.05) is 45.2 Å². The zero-order valence-corrected chi connectivity index (χ0v) is 44.4. The number of aliphatic hydroxyl groups is 1. The molecule has 0 amide bonds. The third-order valence-corrected chi connectivity index (χ3v) is 19.9. The number of esters is 1. The normalized spacial score (nSPS) is 31.0. The third-order valence-electron chi connectivity index (χ3n) is 17.3. The third kappa shape index (κ3) is 9.70. The predicted molar refractivity (Wildman–Crippen MR) is 292 cm³/mol. The van der Waals surface area contributed by atoms with Crippen LogP contribution in [0.4, 0.5) is 0 Å². The van der Waals surface area contributed by atoms with Crippen LogP contribution in [-0.4, -0.2) is 90.8 Å². The molecule has 15 heteroatoms. The fourth-order valence-electron chi connectivity index (χ4n) is 14.0. The molecule has 3 aromatic rings. The van der Waals surface area contributed by atoms with Crippen molar-refractivity contribution in [3.8, 4) is 63.6 Å². The molecule has 394 valence electrons. The molecule has 6 bridgehead atoms. The van der Waals surface area contributed by atoms with Crippen LogP contribution in [0.2, 0.25) is 0 Å². The molecule has 1 unspecified atom stereocenters. The van der Waals surface area contributed by atoms with Gasteiger partial charge in [0.05, 0.1) is 23.8 Å². The number of hydrogen-bond acceptors (Lipinski definition) is 15. The Morgan fingerprint density at radius 2 is 1.89 bits per heavy atom. The lowest BCUT2D eigenvalue weighted by Gasteiger charge is -2.39. The van der Waals surface area contributed by atoms with Crippen molar-refractivity contribution in [1.29, 1.82) is 0 Å². The molecule has 12 rings (SSSR count). The fraction of sp³-hybridized carbons (Fsp3) is 0.517. The molecule has 3 aromatic carbocycles. The maximum absolute atomic E-state index is 13.2. The lowest BCUT2D eigenvalue weighted by Crippen LogP contribution is -2.49. The second-order valence-corrected chi connectivity index (χ2v) is 24.8. The van der Waals surface area contributed by atoms with Crippen molar-refractivity contribution in [2.45, 2.75) is 132 Å². The van der Waals surface area contributed by atoms with Gasteiger partial charge in [-0.1, -0.05) is 70.2 Å². The molecular formula is C60H68N4O9S2. The maximum Gasteiger partial charge on any atom is 0.302 e. The Morgan fingerprint density at radius 3 is 2.76 bits per heavy atom. The molecule has 3 fully saturated rings. The molecule has 6 aliphatic heterocycles. The molecule has 8 N–H and O–H groups in total. The fourth-order valence-corrected chi connectivity index (χ4v) is 16.7. The topological polar surface area (TPSA) is 186 Å². The summed E-state index contributed by atoms with van der Waals surface area (Å²) in [4.78, 5) is 13.1. The van der Waals surface area contributed by atoms with Gasteiger partial charge in [0.1, 0.15) is 42.0 Å². The molecule has 6 heterocycles. The van der Waals surface area contributed by atoms with Gasteiger partial charge in [-0.25, -0.2) is 0 Å². The molecule has 3 aliphatic carbocycles. The van der Waals surface area contributed by atoms with E-state index in [9.17, 15) is 20.1 Å². The number of benzene rings is 3. The van der Waals surface area contributed by atoms with Crippen molar-refractivity contribution in [1.82, 2.24) is 16.0 Å². The monoisotopic (exact) mass is 1050 g/mol. The first-order valence-corrected chi connectivity index (χ1v) is 29.5. The Labute approximate surface area is 447 Å². The molecule has 13 nitrogen and oxygen atoms in total. The number of dihydropyridines is 1. The summed E-state index contributed by atoms with van der Waals surface area (Å²) in [5.74, 6) is 17.5. The number of hydrogen-bond donors (Lipinski definition) is 7. The van der Waals surface area contributed by atoms with Crippen molar-refractivity contribution in [3.63, 3.8) is 0 Å². The van der Waals surface area contributed by atoms with Gasteiger partial charge in [-0.2, -0.15) is 0 Å². The number of allylic oxidation sites excluding steroid dienone is 3. The Balaban J connectivity index is 1.14. The lowest BCUT2D eigenvalue weighted by atomic mass is 9.65. The van der Waals surface area contributed by atoms with Gasteiger partial charge >= 0.3 is 5.97 Å². The molecule has 9 aliphatic rings. The Kier molecular flexibility index (Phi) is 14.4. The number of carbonyl (C=O) groups excluding carboxylic acids is 1. The van der Waals surface area contributed by atoms with E-state index < -0.39 is 42.3 Å². The van der Waals surface area contributed by atoms with E-state index in [0.29, 0.717) is 72.9 Å². The van der Waals surface area contributed by atoms with Gasteiger partial charge in [-0.3, -0.25) is 4.79 Å². The molecular weight excluding hydrogens is 985 g/mol. The van der Waals surface area contributed by atoms with E-state index in [1.54, 1.807) is 13.2 Å². The van der Waals surface area contributed by atoms with Crippen LogP contribution in [0.3, 0.4) is 0 Å². The first-order valence-electron chi connectivity index (χ1n) is 27.0. The Morgan fingerprint density at radius 1 is 1.00 bits per heavy atom. The molecule has 1 spiro atoms. The van der Waals surface area contributed by atoms with Gasteiger partial charge in [0.15, 0.2) is 18.3 Å². The van der Waals surface area contributed by atoms with Gasteiger partial charge in [-0.05, 0) is 122 Å². The van der Waals surface area contributed by atoms with Crippen LogP contribution < -0.4 is 35.9 Å². The molecule has 0 aromatic heterocycles. The number of ether oxygens (including phenoxy) is 5. The zero-order valence-electron chi connectivity index (χ0n) is 42.8. The number of carbonyl (C=O) groups is 1. The molecule has 2 saturated carbocycles. The van der Waals surface area contributed by atoms with Crippen LogP contribution in [0.1, 0.15) is 128 Å². The largest absolute Gasteiger partial charge is 0.508 e. The van der Waals surface area contributed by atoms with Crippen LogP contribution >= 0.6 is 21.6 Å². The van der Waals surface area contributed by atoms with Crippen molar-refractivity contribution < 1.29 is 43.8 Å². The standard InChI is InChI=1S/C60H68N4O9S2/c1-33(66)70-29-46-42-11-12-43-52-39(23-41(67)24-49(52)71-32-65)26-60-19-17-35(25-60)21-38-10-16-51(61)64-47(38)14-9-37-7-3-5-34(28-69-2)18-20-62-27-45-53(37)54(57(46)73-58(42)55(43)60)44-13-15-48-50(72-59(44)56(45)68)31-75-74-30-36-6-4-8-40(22-36)63-48/h10-13,15-16,23-24,34-37,40,46,48,50-51,57,62-65,67-68H,4-6,8,17-22,25-32,61H2,1-2H3/t34-,35-,36+,37+,40-,46+,48+,50-,51?,57+,60-/m1/s1. The van der Waals surface area contributed by atoms with E-state index in [4.69, 9.17) is 29.4 Å². The number of aromatic hydroxyl groups is 2. The number of phenols is 2. The predicted octanol–water partition coefficient (Wildman–Crippen LogP) is 8.49. The molecule has 0 radical (unpaired) electrons. The van der Waals surface area contributed by atoms with E-state index in [-0.39, 0.29) is 42.1 Å². The number of aliphatic hydroxyl groups excluding tert-OH is 1. The quantitative estimate of drug-likeness (QED) is 0.0539. The number of nitrogens with two attached hydrogens (primary N) is 1. The molecule has 1 saturated heterocycles. The number of phenolic OH excluding ortho intramolecular Hbond substituents is 2. The average molecular weight is 1050 g/mol. The highest BCUT2D eigenvalue weighted by molar-refractivity contribution is 8.76. The smallest absolute Gasteiger partial charge is 0.302 e. The highest BCUT2D eigenvalue weighted by Gasteiger charge is 2.52. The van der Waals surface area contributed by atoms with E-state index in [2.05, 4.69) is 70.0 Å². The van der Waals surface area contributed by atoms with Crippen LogP contribution in [0.5, 0.6) is 28.7 Å². The van der Waals surface area contributed by atoms with Gasteiger partial charge in [0.2, 0.25) is 0 Å². The molecule has 75 heavy (non-hydrogen) atoms. The van der Waals surface area contributed by atoms with Gasteiger partial charge in [0, 0.05) is 96.0 Å². The van der Waals surface area contributed by atoms with E-state index in [1.165, 1.54) is 19.8 Å². The Bertz CT molecular complexity index is 2990. The summed E-state index contributed by atoms with van der Waals surface area (Å²) < 4.78 is 32.9. The second-order valence-electron chi connectivity index (χ2n) is 22.2. The summed E-state index contributed by atoms with van der Waals surface area (Å²) in [7, 11) is 5.49. The van der Waals surface area contributed by atoms with Gasteiger partial charge in [0.25, 0.3) is 0 Å². The average Bonchev–Trinajstić information content (AvgIpc) is 4.02. The van der Waals surface area contributed by atoms with Crippen molar-refractivity contribution >= 4 is 33.6 Å². The number of nitrogens with one attached hydrogen (secondary N) is 3. The first-order chi connectivity index (χ1) is 36.6. The summed E-state index contributed by atoms with van der Waals surface area (Å²) in [6.45, 7) is 2.40. The number of methoxy groups -OCH3 is 1. The Hall–Kier alpha value is -5.23. The second kappa shape index (κ2) is 21.3. The van der Waals surface area contributed by atoms with Gasteiger partial charge in [-0.15, -0.1) is 5.92 Å². The highest BCUT2D eigenvalue weighted by atomic mass is 33.1. The summed E-state index contributed by atoms with van der Waals surface area (Å²) in [6, 6.07) is 7.83. The van der Waals surface area contributed by atoms with Crippen molar-refractivity contribution in [2.24, 2.45) is 23.5 Å². The summed E-state index contributed by atoms with van der Waals surface area (Å²) in [6.07, 6.45) is 17.0. The van der Waals surface area contributed by atoms with Crippen LogP contribution in [0, 0.1) is 41.4 Å². The summed E-state index contributed by atoms with van der Waals surface area (Å²) in [5, 5.41) is 45.9. The van der Waals surface area contributed by atoms with Crippen LogP contribution in [-0.2, 0) is 32.6 Å². The molecule has 11 atom stereocenters. The number of rotatable bonds is 6. The highest BCUT2D eigenvalue weighted by Crippen LogP contribution is 2.64. The first kappa shape index (κ1) is 50.6. The van der Waals surface area contributed by atoms with Crippen LogP contribution in [0.25, 0.3) is 17.2 Å². The summed E-state index contributed by atoms with van der Waals surface area (Å²) >= 11 is 0. The van der Waals surface area contributed by atoms with E-state index >= 15 is 0 Å². The summed E-state index contributed by atoms with van der Waals surface area (Å²) in [5.41, 5.74) is 15.5. The minimum Gasteiger partial charge on any atom is -0.508 e. The lowest BCUT2D eigenvalue weighted by molar-refractivity contribution is -0.141. The SMILES string of the molecule is COC[C@@H]1CC#C[C@H]2C#CC3=C(C=CC(N)N3)C[C@H]3CC[C@]4(Cc5cc(O)cc(OCO)c5-c5ccc6c(c54)O[C@H](c4c5c(c(O)c(c42)CNCC1)O[C@@H]1CSSC[C@H]2CCC[C@H](C2)N[C@H]1C=C5)[C@H]6COC(C)=O)C3. The van der Waals surface area contributed by atoms with Gasteiger partial charge < -0.3 is 60.7 Å². The number of fused-ring (bicyclic) bond motifs is 10. The van der Waals surface area contributed by atoms with E-state index in [1.807, 2.05) is 33.7 Å². The van der Waals surface area contributed by atoms with Crippen molar-refractivity contribution in [3.05, 3.63) is 92.7 Å². The van der Waals surface area contributed by atoms with Crippen LogP contribution in [0.15, 0.2) is 53.8 Å². The minimum absolute atomic E-state index is 0.0205. The zero-order chi connectivity index (χ0) is 51.4. The minimum atomic E-state index is -0.776. The van der Waals surface area contributed by atoms with E-state index in [0.717, 1.165) is 107 Å². The maximum atomic E-state index is 13.2.